The van der Waals surface area contributed by atoms with Crippen molar-refractivity contribution in [3.05, 3.63) is 70.7 Å². The predicted octanol–water partition coefficient (Wildman–Crippen LogP) is 2.55. The number of nitrogens with one attached hydrogen (secondary N) is 2. The lowest BCUT2D eigenvalue weighted by Gasteiger charge is -2.08. The summed E-state index contributed by atoms with van der Waals surface area (Å²) in [6.07, 6.45) is 3.59. The molecule has 0 fully saturated rings. The summed E-state index contributed by atoms with van der Waals surface area (Å²) in [5.41, 5.74) is 5.98. The normalized spacial score (nSPS) is 10.4. The van der Waals surface area contributed by atoms with Crippen LogP contribution in [0.4, 0.5) is 0 Å². The lowest BCUT2D eigenvalue weighted by atomic mass is 10.2. The molecule has 3 aromatic rings. The summed E-state index contributed by atoms with van der Waals surface area (Å²) >= 11 is 2.64. The molecule has 0 bridgehead atoms. The zero-order chi connectivity index (χ0) is 17.5. The van der Waals surface area contributed by atoms with Crippen molar-refractivity contribution in [2.24, 2.45) is 0 Å². The van der Waals surface area contributed by atoms with E-state index >= 15 is 0 Å². The van der Waals surface area contributed by atoms with Gasteiger partial charge in [-0.1, -0.05) is 48.2 Å². The van der Waals surface area contributed by atoms with Gasteiger partial charge in [0, 0.05) is 18.9 Å². The minimum atomic E-state index is -0.320. The third-order valence-electron chi connectivity index (χ3n) is 3.27. The molecule has 0 aliphatic carbocycles. The summed E-state index contributed by atoms with van der Waals surface area (Å²) in [5, 5.41) is 2.56. The zero-order valence-corrected chi connectivity index (χ0v) is 14.8. The summed E-state index contributed by atoms with van der Waals surface area (Å²) in [6, 6.07) is 13.5. The lowest BCUT2D eigenvalue weighted by Crippen LogP contribution is -2.42. The van der Waals surface area contributed by atoms with Gasteiger partial charge in [0.15, 0.2) is 5.16 Å². The summed E-state index contributed by atoms with van der Waals surface area (Å²) in [4.78, 5) is 28.5. The van der Waals surface area contributed by atoms with Gasteiger partial charge in [0.1, 0.15) is 0 Å². The number of amides is 2. The number of hydrogen-bond acceptors (Lipinski definition) is 5. The maximum Gasteiger partial charge on any atom is 0.279 e. The van der Waals surface area contributed by atoms with Gasteiger partial charge in [-0.3, -0.25) is 20.4 Å². The van der Waals surface area contributed by atoms with Gasteiger partial charge >= 0.3 is 0 Å². The van der Waals surface area contributed by atoms with Crippen molar-refractivity contribution in [1.82, 2.24) is 20.4 Å². The van der Waals surface area contributed by atoms with Crippen molar-refractivity contribution in [2.75, 3.05) is 5.75 Å². The molecule has 0 atom stereocenters. The number of thiophene rings is 1. The first-order chi connectivity index (χ1) is 12.2. The van der Waals surface area contributed by atoms with Crippen LogP contribution in [0.3, 0.4) is 0 Å². The third kappa shape index (κ3) is 4.94. The Bertz CT molecular complexity index is 831. The molecule has 0 aliphatic rings. The van der Waals surface area contributed by atoms with Crippen LogP contribution >= 0.6 is 23.1 Å². The van der Waals surface area contributed by atoms with Gasteiger partial charge in [-0.05, 0) is 17.0 Å². The van der Waals surface area contributed by atoms with E-state index < -0.39 is 0 Å². The standard InChI is InChI=1S/C17H16N4O2S2/c22-15(19-20-16(23)14-7-4-10-24-14)12-25-17-18-8-9-21(17)11-13-5-2-1-3-6-13/h1-10H,11-12H2,(H,19,22)(H,20,23). The molecule has 2 aromatic heterocycles. The average Bonchev–Trinajstić information content (AvgIpc) is 3.31. The largest absolute Gasteiger partial charge is 0.322 e. The highest BCUT2D eigenvalue weighted by molar-refractivity contribution is 7.99. The van der Waals surface area contributed by atoms with Gasteiger partial charge in [-0.25, -0.2) is 4.98 Å². The molecule has 8 heteroatoms. The van der Waals surface area contributed by atoms with Crippen LogP contribution in [0.1, 0.15) is 15.2 Å². The molecule has 0 radical (unpaired) electrons. The van der Waals surface area contributed by atoms with Crippen molar-refractivity contribution in [2.45, 2.75) is 11.7 Å². The smallest absolute Gasteiger partial charge is 0.279 e. The van der Waals surface area contributed by atoms with E-state index in [9.17, 15) is 9.59 Å². The number of imidazole rings is 1. The van der Waals surface area contributed by atoms with Gasteiger partial charge in [-0.15, -0.1) is 11.3 Å². The Morgan fingerprint density at radius 1 is 1.12 bits per heavy atom. The van der Waals surface area contributed by atoms with Crippen LogP contribution < -0.4 is 10.9 Å². The molecule has 0 spiro atoms. The number of aromatic nitrogens is 2. The molecule has 3 rings (SSSR count). The lowest BCUT2D eigenvalue weighted by molar-refractivity contribution is -0.119. The second-order valence-corrected chi connectivity index (χ2v) is 6.98. The first-order valence-electron chi connectivity index (χ1n) is 7.53. The van der Waals surface area contributed by atoms with E-state index in [0.717, 1.165) is 10.7 Å². The van der Waals surface area contributed by atoms with E-state index in [0.29, 0.717) is 11.4 Å². The van der Waals surface area contributed by atoms with Crippen molar-refractivity contribution >= 4 is 34.9 Å². The van der Waals surface area contributed by atoms with E-state index in [1.54, 1.807) is 23.7 Å². The molecule has 1 aromatic carbocycles. The third-order valence-corrected chi connectivity index (χ3v) is 5.14. The highest BCUT2D eigenvalue weighted by Crippen LogP contribution is 2.17. The second kappa shape index (κ2) is 8.50. The number of carbonyl (C=O) groups excluding carboxylic acids is 2. The molecule has 2 heterocycles. The number of nitrogens with zero attached hydrogens (tertiary/aromatic N) is 2. The van der Waals surface area contributed by atoms with Crippen LogP contribution in [0.2, 0.25) is 0 Å². The second-order valence-electron chi connectivity index (χ2n) is 5.09. The van der Waals surface area contributed by atoms with Gasteiger partial charge in [0.05, 0.1) is 10.6 Å². The van der Waals surface area contributed by atoms with Crippen molar-refractivity contribution in [3.8, 4) is 0 Å². The Hall–Kier alpha value is -2.58. The fraction of sp³-hybridized carbons (Fsp3) is 0.118. The summed E-state index contributed by atoms with van der Waals surface area (Å²) in [7, 11) is 0. The molecule has 128 valence electrons. The van der Waals surface area contributed by atoms with E-state index in [1.807, 2.05) is 41.1 Å². The molecule has 0 aliphatic heterocycles. The highest BCUT2D eigenvalue weighted by Gasteiger charge is 2.10. The molecule has 0 saturated carbocycles. The van der Waals surface area contributed by atoms with Crippen molar-refractivity contribution in [3.63, 3.8) is 0 Å². The molecule has 0 unspecified atom stereocenters. The fourth-order valence-electron chi connectivity index (χ4n) is 2.10. The Balaban J connectivity index is 1.48. The van der Waals surface area contributed by atoms with Gasteiger partial charge < -0.3 is 4.57 Å². The van der Waals surface area contributed by atoms with Crippen LogP contribution in [0, 0.1) is 0 Å². The molecule has 2 amide bonds. The maximum atomic E-state index is 11.9. The van der Waals surface area contributed by atoms with Gasteiger partial charge in [-0.2, -0.15) is 0 Å². The SMILES string of the molecule is O=C(CSc1nccn1Cc1ccccc1)NNC(=O)c1cccs1. The van der Waals surface area contributed by atoms with E-state index in [1.165, 1.54) is 23.1 Å². The summed E-state index contributed by atoms with van der Waals surface area (Å²) in [6.45, 7) is 0.694. The van der Waals surface area contributed by atoms with Crippen LogP contribution in [-0.4, -0.2) is 27.1 Å². The van der Waals surface area contributed by atoms with Gasteiger partial charge in [0.2, 0.25) is 5.91 Å². The number of thioether (sulfide) groups is 1. The number of carbonyl (C=O) groups is 2. The molecular formula is C17H16N4O2S2. The predicted molar refractivity (Wildman–Crippen MR) is 98.4 cm³/mol. The fourth-order valence-corrected chi connectivity index (χ4v) is 3.48. The van der Waals surface area contributed by atoms with Crippen LogP contribution in [-0.2, 0) is 11.3 Å². The molecule has 2 N–H and O–H groups in total. The molecule has 0 saturated heterocycles. The molecule has 6 nitrogen and oxygen atoms in total. The Kier molecular flexibility index (Phi) is 5.86. The van der Waals surface area contributed by atoms with Crippen molar-refractivity contribution in [1.29, 1.82) is 0 Å². The first-order valence-corrected chi connectivity index (χ1v) is 9.39. The van der Waals surface area contributed by atoms with Crippen LogP contribution in [0.25, 0.3) is 0 Å². The van der Waals surface area contributed by atoms with Gasteiger partial charge in [0.25, 0.3) is 5.91 Å². The summed E-state index contributed by atoms with van der Waals surface area (Å²) in [5.74, 6) is -0.445. The first kappa shape index (κ1) is 17.2. The summed E-state index contributed by atoms with van der Waals surface area (Å²) < 4.78 is 1.98. The zero-order valence-electron chi connectivity index (χ0n) is 13.2. The van der Waals surface area contributed by atoms with E-state index in [-0.39, 0.29) is 17.6 Å². The van der Waals surface area contributed by atoms with E-state index in [4.69, 9.17) is 0 Å². The minimum Gasteiger partial charge on any atom is -0.322 e. The Morgan fingerprint density at radius 3 is 2.72 bits per heavy atom. The maximum absolute atomic E-state index is 11.9. The molecule has 25 heavy (non-hydrogen) atoms. The highest BCUT2D eigenvalue weighted by atomic mass is 32.2. The number of benzene rings is 1. The quantitative estimate of drug-likeness (QED) is 0.515. The van der Waals surface area contributed by atoms with Crippen LogP contribution in [0.15, 0.2) is 65.4 Å². The average molecular weight is 372 g/mol. The van der Waals surface area contributed by atoms with Crippen LogP contribution in [0.5, 0.6) is 0 Å². The number of hydrazine groups is 1. The molecular weight excluding hydrogens is 356 g/mol. The topological polar surface area (TPSA) is 76.0 Å². The van der Waals surface area contributed by atoms with Crippen molar-refractivity contribution < 1.29 is 9.59 Å². The number of rotatable bonds is 6. The minimum absolute atomic E-state index is 0.163. The number of hydrogen-bond donors (Lipinski definition) is 2. The monoisotopic (exact) mass is 372 g/mol. The Labute approximate surface area is 153 Å². The van der Waals surface area contributed by atoms with E-state index in [2.05, 4.69) is 15.8 Å². The Morgan fingerprint density at radius 2 is 1.96 bits per heavy atom.